The van der Waals surface area contributed by atoms with Gasteiger partial charge in [-0.1, -0.05) is 0 Å². The summed E-state index contributed by atoms with van der Waals surface area (Å²) in [6.45, 7) is -5.27. The van der Waals surface area contributed by atoms with Crippen molar-refractivity contribution in [2.45, 2.75) is 44.9 Å². The van der Waals surface area contributed by atoms with Crippen LogP contribution in [0.3, 0.4) is 0 Å². The van der Waals surface area contributed by atoms with Gasteiger partial charge in [0, 0.05) is 6.42 Å². The maximum atomic E-state index is 12.1. The summed E-state index contributed by atoms with van der Waals surface area (Å²) >= 11 is 0. The van der Waals surface area contributed by atoms with Crippen LogP contribution in [-0.2, 0) is 67.3 Å². The Labute approximate surface area is 483 Å². The number of hydrogen-bond donors (Lipinski definition) is 6. The third-order valence-corrected chi connectivity index (χ3v) is 14.0. The smallest absolute Gasteiger partial charge is 0.341 e. The molecule has 24 heteroatoms. The van der Waals surface area contributed by atoms with Crippen LogP contribution < -0.4 is 56.8 Å². The number of carbonyl (C=O) groups is 6. The van der Waals surface area contributed by atoms with E-state index in [0.717, 1.165) is 0 Å². The number of benzene rings is 6. The van der Waals surface area contributed by atoms with Crippen molar-refractivity contribution in [2.24, 2.45) is 0 Å². The van der Waals surface area contributed by atoms with Crippen molar-refractivity contribution >= 4 is 35.8 Å². The molecule has 6 aromatic rings. The van der Waals surface area contributed by atoms with Gasteiger partial charge in [-0.25, -0.2) is 28.8 Å². The molecule has 0 saturated carbocycles. The van der Waals surface area contributed by atoms with Gasteiger partial charge in [0.15, 0.2) is 109 Å². The first-order valence-corrected chi connectivity index (χ1v) is 26.8. The molecule has 0 spiro atoms. The van der Waals surface area contributed by atoms with Crippen molar-refractivity contribution in [3.05, 3.63) is 140 Å². The van der Waals surface area contributed by atoms with E-state index in [9.17, 15) is 59.4 Å². The third kappa shape index (κ3) is 14.5. The van der Waals surface area contributed by atoms with E-state index >= 15 is 0 Å². The lowest BCUT2D eigenvalue weighted by Crippen LogP contribution is -2.15. The van der Waals surface area contributed by atoms with Gasteiger partial charge >= 0.3 is 35.8 Å². The Hall–Kier alpha value is -10.3. The van der Waals surface area contributed by atoms with Gasteiger partial charge in [0.05, 0.1) is 13.2 Å². The van der Waals surface area contributed by atoms with Crippen LogP contribution in [0.15, 0.2) is 72.8 Å². The quantitative estimate of drug-likeness (QED) is 0.0571. The van der Waals surface area contributed by atoms with Gasteiger partial charge < -0.3 is 87.5 Å². The van der Waals surface area contributed by atoms with Gasteiger partial charge in [0.2, 0.25) is 0 Å². The van der Waals surface area contributed by atoms with Gasteiger partial charge in [-0.05, 0) is 178 Å². The highest BCUT2D eigenvalue weighted by Gasteiger charge is 2.28. The predicted molar refractivity (Wildman–Crippen MR) is 292 cm³/mol. The average molecular weight is 1170 g/mol. The number of ether oxygens (including phenoxy) is 12. The second-order valence-electron chi connectivity index (χ2n) is 20.0. The molecular formula is C61H56O24. The minimum Gasteiger partial charge on any atom is -0.490 e. The molecule has 0 unspecified atom stereocenters. The molecule has 6 aromatic carbocycles. The molecule has 0 atom stereocenters. The highest BCUT2D eigenvalue weighted by Crippen LogP contribution is 2.44. The zero-order valence-electron chi connectivity index (χ0n) is 45.4. The van der Waals surface area contributed by atoms with E-state index in [4.69, 9.17) is 56.8 Å². The fraction of sp³-hybridized carbons (Fsp3) is 0.311. The molecule has 0 amide bonds. The lowest BCUT2D eigenvalue weighted by atomic mass is 9.94. The highest BCUT2D eigenvalue weighted by atomic mass is 16.6. The second-order valence-corrected chi connectivity index (χ2v) is 20.0. The first-order chi connectivity index (χ1) is 41.0. The lowest BCUT2D eigenvalue weighted by molar-refractivity contribution is -0.140. The van der Waals surface area contributed by atoms with Crippen LogP contribution in [0.25, 0.3) is 0 Å². The summed E-state index contributed by atoms with van der Waals surface area (Å²) in [6, 6.07) is 20.2. The maximum absolute atomic E-state index is 12.1. The van der Waals surface area contributed by atoms with E-state index in [1.54, 1.807) is 72.8 Å². The largest absolute Gasteiger partial charge is 0.490 e. The summed E-state index contributed by atoms with van der Waals surface area (Å²) in [5, 5.41) is 59.0. The Kier molecular flexibility index (Phi) is 17.7. The number of hydrogen-bond acceptors (Lipinski definition) is 18. The molecular weight excluding hydrogens is 1120 g/mol. The van der Waals surface area contributed by atoms with Gasteiger partial charge in [0.25, 0.3) is 0 Å². The number of rotatable bonds is 18. The Morgan fingerprint density at radius 3 is 0.576 bits per heavy atom. The maximum Gasteiger partial charge on any atom is 0.341 e. The molecule has 18 bridgehead atoms. The molecule has 0 fully saturated rings. The van der Waals surface area contributed by atoms with Crippen molar-refractivity contribution in [2.75, 3.05) is 79.3 Å². The fourth-order valence-electron chi connectivity index (χ4n) is 10.3. The van der Waals surface area contributed by atoms with E-state index in [1.165, 1.54) is 0 Å². The first kappa shape index (κ1) is 58.0. The normalized spacial score (nSPS) is 14.0. The second kappa shape index (κ2) is 25.9. The molecule has 2 aliphatic carbocycles. The lowest BCUT2D eigenvalue weighted by Gasteiger charge is -2.21. The zero-order chi connectivity index (χ0) is 59.7. The molecule has 0 saturated heterocycles. The van der Waals surface area contributed by atoms with Crippen LogP contribution in [0.1, 0.15) is 73.2 Å². The van der Waals surface area contributed by atoms with E-state index in [2.05, 4.69) is 0 Å². The fourth-order valence-corrected chi connectivity index (χ4v) is 10.3. The molecule has 6 N–H and O–H groups in total. The summed E-state index contributed by atoms with van der Waals surface area (Å²) in [4.78, 5) is 72.3. The van der Waals surface area contributed by atoms with Crippen LogP contribution in [0.2, 0.25) is 0 Å². The van der Waals surface area contributed by atoms with Crippen LogP contribution in [0.4, 0.5) is 0 Å². The zero-order valence-corrected chi connectivity index (χ0v) is 45.4. The van der Waals surface area contributed by atoms with E-state index in [0.29, 0.717) is 66.8 Å². The Morgan fingerprint density at radius 1 is 0.259 bits per heavy atom. The summed E-state index contributed by atoms with van der Waals surface area (Å²) in [5.74, 6) is -6.34. The SMILES string of the molecule is O=C(O)COc1cc2c3cc1OCCCOc1cc4c(cc1OCC(=O)O)Cc1cc5c(OCC(=O)O)cc1Cc1cc(c(OCC(=O)O)cc1C4)OCCOc1cc(c(cc1OCC(=O)O)Cc1cc(c(OCC(=O)O)cc1C3)OCCO5)C2. The average Bonchev–Trinajstić information content (AvgIpc) is 2.71. The van der Waals surface area contributed by atoms with E-state index in [1.807, 2.05) is 0 Å². The summed E-state index contributed by atoms with van der Waals surface area (Å²) in [7, 11) is 0. The third-order valence-electron chi connectivity index (χ3n) is 14.0. The van der Waals surface area contributed by atoms with E-state index in [-0.39, 0.29) is 154 Å². The van der Waals surface area contributed by atoms with Crippen LogP contribution in [0, 0.1) is 0 Å². The molecule has 0 radical (unpaired) electrons. The molecule has 12 heterocycles. The number of carboxylic acid groups (broad SMARTS) is 6. The van der Waals surface area contributed by atoms with Gasteiger partial charge in [0.1, 0.15) is 26.4 Å². The monoisotopic (exact) mass is 1170 g/mol. The molecule has 20 rings (SSSR count). The molecule has 0 aromatic heterocycles. The highest BCUT2D eigenvalue weighted by molar-refractivity contribution is 5.72. The van der Waals surface area contributed by atoms with Crippen LogP contribution in [0.5, 0.6) is 69.0 Å². The summed E-state index contributed by atoms with van der Waals surface area (Å²) in [5.41, 5.74) is 7.69. The minimum atomic E-state index is -1.27. The van der Waals surface area contributed by atoms with Crippen molar-refractivity contribution in [3.8, 4) is 69.0 Å². The van der Waals surface area contributed by atoms with Crippen LogP contribution >= 0.6 is 0 Å². The Morgan fingerprint density at radius 2 is 0.412 bits per heavy atom. The molecule has 444 valence electrons. The van der Waals surface area contributed by atoms with Gasteiger partial charge in [-0.2, -0.15) is 0 Å². The van der Waals surface area contributed by atoms with Crippen molar-refractivity contribution in [1.82, 2.24) is 0 Å². The number of carboxylic acids is 6. The van der Waals surface area contributed by atoms with Crippen molar-refractivity contribution in [1.29, 1.82) is 0 Å². The molecule has 14 aliphatic rings. The van der Waals surface area contributed by atoms with Crippen LogP contribution in [-0.4, -0.2) is 146 Å². The van der Waals surface area contributed by atoms with Crippen molar-refractivity contribution < 1.29 is 116 Å². The van der Waals surface area contributed by atoms with Gasteiger partial charge in [-0.15, -0.1) is 0 Å². The standard InChI is InChI=1S/C61H56O24/c62-56(63)26-80-50-20-38-10-34-16-46-54(84-30-60(70)71)24-42(34)12-36-18-48-52(82-28-58(66)67)22-40(36)8-32(38)14-44(50)74-2-1-3-75-45-15-33-9-41-23-53(83-29-59(68)69)49(79-7-4-76-46)19-37(41)13-43-25-55(85-31-61(72)73)47(77-5-6-78-48)17-35(43)11-39(33)21-51(45)81-27-57(64)65/h14-25H,1-13,26-31H2,(H,62,63)(H,64,65)(H,66,67)(H,68,69)(H,70,71)(H,72,73). The predicted octanol–water partition coefficient (Wildman–Crippen LogP) is 6.03. The molecule has 24 nitrogen and oxygen atoms in total. The topological polar surface area (TPSA) is 335 Å². The summed E-state index contributed by atoms with van der Waals surface area (Å²) < 4.78 is 73.8. The minimum absolute atomic E-state index is 0.0121. The Bertz CT molecular complexity index is 3360. The van der Waals surface area contributed by atoms with Crippen molar-refractivity contribution in [3.63, 3.8) is 0 Å². The molecule has 85 heavy (non-hydrogen) atoms. The molecule has 12 aliphatic heterocycles. The summed E-state index contributed by atoms with van der Waals surface area (Å²) in [6.07, 6.45) is 1.11. The van der Waals surface area contributed by atoms with E-state index < -0.39 is 75.5 Å². The number of aliphatic carboxylic acids is 6. The Balaban J connectivity index is 1.22. The first-order valence-electron chi connectivity index (χ1n) is 26.8. The van der Waals surface area contributed by atoms with Gasteiger partial charge in [-0.3, -0.25) is 0 Å².